The first kappa shape index (κ1) is 19.2. The normalized spacial score (nSPS) is 15.5. The summed E-state index contributed by atoms with van der Waals surface area (Å²) in [7, 11) is 0. The Balaban J connectivity index is 1.53. The second-order valence-corrected chi connectivity index (χ2v) is 7.72. The molecule has 1 aliphatic heterocycles. The van der Waals surface area contributed by atoms with Gasteiger partial charge in [-0.15, -0.1) is 10.2 Å². The highest BCUT2D eigenvalue weighted by Gasteiger charge is 2.26. The topological polar surface area (TPSA) is 88.5 Å². The van der Waals surface area contributed by atoms with Crippen LogP contribution in [0.25, 0.3) is 11.1 Å². The molecule has 7 nitrogen and oxygen atoms in total. The second-order valence-electron chi connectivity index (χ2n) is 7.72. The van der Waals surface area contributed by atoms with Gasteiger partial charge in [0.05, 0.1) is 11.6 Å². The zero-order chi connectivity index (χ0) is 21.4. The molecule has 1 atom stereocenters. The Hall–Kier alpha value is -3.81. The number of aromatic nitrogens is 5. The minimum absolute atomic E-state index is 0.0355. The summed E-state index contributed by atoms with van der Waals surface area (Å²) < 4.78 is 15.5. The van der Waals surface area contributed by atoms with Crippen LogP contribution >= 0.6 is 0 Å². The summed E-state index contributed by atoms with van der Waals surface area (Å²) in [6.45, 7) is 1.99. The van der Waals surface area contributed by atoms with Crippen molar-refractivity contribution in [1.29, 1.82) is 0 Å². The Kier molecular flexibility index (Phi) is 4.82. The molecule has 0 aliphatic carbocycles. The van der Waals surface area contributed by atoms with Gasteiger partial charge in [-0.3, -0.25) is 9.36 Å². The van der Waals surface area contributed by atoms with E-state index in [1.165, 1.54) is 12.1 Å². The van der Waals surface area contributed by atoms with Crippen molar-refractivity contribution >= 4 is 11.6 Å². The van der Waals surface area contributed by atoms with Crippen molar-refractivity contribution in [3.05, 3.63) is 87.9 Å². The zero-order valence-corrected chi connectivity index (χ0v) is 17.0. The van der Waals surface area contributed by atoms with Gasteiger partial charge in [0.15, 0.2) is 0 Å². The molecule has 156 valence electrons. The largest absolute Gasteiger partial charge is 0.324 e. The monoisotopic (exact) mass is 416 g/mol. The number of fused-ring (bicyclic) bond motifs is 1. The molecule has 2 aromatic heterocycles. The van der Waals surface area contributed by atoms with E-state index in [1.54, 1.807) is 12.3 Å². The summed E-state index contributed by atoms with van der Waals surface area (Å²) in [6.07, 6.45) is 4.33. The molecule has 4 aromatic rings. The van der Waals surface area contributed by atoms with Crippen molar-refractivity contribution in [3.8, 4) is 11.1 Å². The van der Waals surface area contributed by atoms with E-state index < -0.39 is 0 Å². The van der Waals surface area contributed by atoms with Crippen LogP contribution in [0.2, 0.25) is 0 Å². The molecule has 1 aliphatic rings. The molecule has 5 rings (SSSR count). The van der Waals surface area contributed by atoms with E-state index in [4.69, 9.17) is 0 Å². The van der Waals surface area contributed by atoms with Crippen molar-refractivity contribution in [1.82, 2.24) is 25.0 Å². The minimum Gasteiger partial charge on any atom is -0.324 e. The number of hydrogen-bond donors (Lipinski definition) is 2. The summed E-state index contributed by atoms with van der Waals surface area (Å²) >= 11 is 0. The molecule has 0 bridgehead atoms. The quantitative estimate of drug-likeness (QED) is 0.522. The molecule has 0 spiro atoms. The summed E-state index contributed by atoms with van der Waals surface area (Å²) in [5, 5.41) is 18.4. The van der Waals surface area contributed by atoms with Gasteiger partial charge in [-0.25, -0.2) is 9.49 Å². The van der Waals surface area contributed by atoms with Crippen molar-refractivity contribution in [2.75, 3.05) is 5.32 Å². The van der Waals surface area contributed by atoms with E-state index in [0.29, 0.717) is 11.5 Å². The van der Waals surface area contributed by atoms with Crippen molar-refractivity contribution in [2.45, 2.75) is 32.2 Å². The number of anilines is 2. The maximum absolute atomic E-state index is 13.4. The summed E-state index contributed by atoms with van der Waals surface area (Å²) in [5.74, 6) is 1.29. The first-order valence-corrected chi connectivity index (χ1v) is 10.2. The molecule has 0 unspecified atom stereocenters. The van der Waals surface area contributed by atoms with Crippen LogP contribution in [0.15, 0.2) is 59.5 Å². The van der Waals surface area contributed by atoms with Gasteiger partial charge in [0.2, 0.25) is 5.95 Å². The van der Waals surface area contributed by atoms with Crippen LogP contribution in [0.1, 0.15) is 35.8 Å². The Bertz CT molecular complexity index is 1290. The van der Waals surface area contributed by atoms with Gasteiger partial charge in [-0.05, 0) is 60.7 Å². The van der Waals surface area contributed by atoms with Gasteiger partial charge in [-0.2, -0.15) is 5.10 Å². The number of hydrogen-bond acceptors (Lipinski definition) is 5. The van der Waals surface area contributed by atoms with Crippen LogP contribution in [-0.4, -0.2) is 25.0 Å². The number of nitrogens with one attached hydrogen (secondary N) is 2. The van der Waals surface area contributed by atoms with Crippen LogP contribution in [0.5, 0.6) is 0 Å². The Morgan fingerprint density at radius 2 is 1.97 bits per heavy atom. The number of nitrogens with zero attached hydrogens (tertiary/aromatic N) is 4. The predicted octanol–water partition coefficient (Wildman–Crippen LogP) is 4.15. The van der Waals surface area contributed by atoms with Gasteiger partial charge < -0.3 is 5.32 Å². The zero-order valence-electron chi connectivity index (χ0n) is 17.0. The lowest BCUT2D eigenvalue weighted by Gasteiger charge is -2.27. The van der Waals surface area contributed by atoms with Gasteiger partial charge in [0, 0.05) is 18.3 Å². The fourth-order valence-corrected chi connectivity index (χ4v) is 4.11. The SMILES string of the molecule is Cc1ccc(-c2ccn[nH]c2=O)cc1Nc1nnc2n1[C@H](c1ccc(F)cc1)CCC2. The number of aryl methyl sites for hydroxylation is 2. The van der Waals surface area contributed by atoms with E-state index in [0.717, 1.165) is 47.5 Å². The molecule has 31 heavy (non-hydrogen) atoms. The molecular weight excluding hydrogens is 395 g/mol. The third kappa shape index (κ3) is 3.61. The Morgan fingerprint density at radius 3 is 2.77 bits per heavy atom. The third-order valence-electron chi connectivity index (χ3n) is 5.73. The molecule has 0 saturated heterocycles. The number of halogens is 1. The molecular formula is C23H21FN6O. The maximum atomic E-state index is 13.4. The molecule has 3 heterocycles. The lowest BCUT2D eigenvalue weighted by Crippen LogP contribution is -2.20. The molecule has 2 aromatic carbocycles. The average Bonchev–Trinajstić information content (AvgIpc) is 3.19. The average molecular weight is 416 g/mol. The molecule has 8 heteroatoms. The molecule has 0 saturated carbocycles. The molecule has 0 fully saturated rings. The molecule has 0 amide bonds. The van der Waals surface area contributed by atoms with E-state index >= 15 is 0 Å². The lowest BCUT2D eigenvalue weighted by atomic mass is 9.97. The molecule has 2 N–H and O–H groups in total. The highest BCUT2D eigenvalue weighted by molar-refractivity contribution is 5.71. The van der Waals surface area contributed by atoms with Crippen LogP contribution in [0.3, 0.4) is 0 Å². The predicted molar refractivity (Wildman–Crippen MR) is 116 cm³/mol. The van der Waals surface area contributed by atoms with Gasteiger partial charge in [0.25, 0.3) is 5.56 Å². The van der Waals surface area contributed by atoms with Gasteiger partial charge in [0.1, 0.15) is 11.6 Å². The number of H-pyrrole nitrogens is 1. The van der Waals surface area contributed by atoms with Gasteiger partial charge >= 0.3 is 0 Å². The van der Waals surface area contributed by atoms with Crippen LogP contribution in [0.4, 0.5) is 16.0 Å². The van der Waals surface area contributed by atoms with Gasteiger partial charge in [-0.1, -0.05) is 24.3 Å². The van der Waals surface area contributed by atoms with E-state index in [-0.39, 0.29) is 17.4 Å². The smallest absolute Gasteiger partial charge is 0.272 e. The first-order valence-electron chi connectivity index (χ1n) is 10.2. The van der Waals surface area contributed by atoms with Crippen molar-refractivity contribution in [2.24, 2.45) is 0 Å². The third-order valence-corrected chi connectivity index (χ3v) is 5.73. The summed E-state index contributed by atoms with van der Waals surface area (Å²) in [5.41, 5.74) is 3.97. The Labute approximate surface area is 178 Å². The first-order chi connectivity index (χ1) is 15.1. The van der Waals surface area contributed by atoms with Crippen LogP contribution in [0, 0.1) is 12.7 Å². The van der Waals surface area contributed by atoms with Crippen LogP contribution in [-0.2, 0) is 6.42 Å². The number of benzene rings is 2. The standard InChI is InChI=1S/C23H21FN6O/c1-14-5-6-16(18-11-12-25-28-22(18)31)13-19(14)26-23-29-27-21-4-2-3-20(30(21)23)15-7-9-17(24)10-8-15/h5-13,20H,2-4H2,1H3,(H,26,29)(H,28,31)/t20-/m0/s1. The van der Waals surface area contributed by atoms with Crippen molar-refractivity contribution < 1.29 is 4.39 Å². The number of aromatic amines is 1. The second kappa shape index (κ2) is 7.79. The van der Waals surface area contributed by atoms with Crippen molar-refractivity contribution in [3.63, 3.8) is 0 Å². The summed E-state index contributed by atoms with van der Waals surface area (Å²) in [6, 6.07) is 14.1. The molecule has 0 radical (unpaired) electrons. The highest BCUT2D eigenvalue weighted by atomic mass is 19.1. The number of rotatable bonds is 4. The highest BCUT2D eigenvalue weighted by Crippen LogP contribution is 2.34. The lowest BCUT2D eigenvalue weighted by molar-refractivity contribution is 0.454. The van der Waals surface area contributed by atoms with E-state index in [1.807, 2.05) is 37.3 Å². The van der Waals surface area contributed by atoms with E-state index in [9.17, 15) is 9.18 Å². The fourth-order valence-electron chi connectivity index (χ4n) is 4.11. The Morgan fingerprint density at radius 1 is 1.13 bits per heavy atom. The fraction of sp³-hybridized carbons (Fsp3) is 0.217. The van der Waals surface area contributed by atoms with Crippen LogP contribution < -0.4 is 10.9 Å². The van der Waals surface area contributed by atoms with E-state index in [2.05, 4.69) is 30.3 Å². The minimum atomic E-state index is -0.250. The summed E-state index contributed by atoms with van der Waals surface area (Å²) in [4.78, 5) is 12.2. The maximum Gasteiger partial charge on any atom is 0.272 e.